The zero-order chi connectivity index (χ0) is 12.3. The summed E-state index contributed by atoms with van der Waals surface area (Å²) in [7, 11) is 0. The third-order valence-electron chi connectivity index (χ3n) is 4.04. The first kappa shape index (κ1) is 10.1. The largest absolute Gasteiger partial charge is 0.373 e. The molecule has 3 aliphatic rings. The first-order valence-electron chi connectivity index (χ1n) is 6.07. The van der Waals surface area contributed by atoms with Gasteiger partial charge >= 0.3 is 0 Å². The van der Waals surface area contributed by atoms with Crippen LogP contribution in [0.3, 0.4) is 0 Å². The van der Waals surface area contributed by atoms with Gasteiger partial charge < -0.3 is 4.74 Å². The Balaban J connectivity index is 1.76. The number of hydrogen-bond donors (Lipinski definition) is 0. The number of carbonyl (C=O) groups is 2. The van der Waals surface area contributed by atoms with Gasteiger partial charge in [-0.3, -0.25) is 9.59 Å². The van der Waals surface area contributed by atoms with Crippen LogP contribution in [0, 0.1) is 11.8 Å². The summed E-state index contributed by atoms with van der Waals surface area (Å²) in [6, 6.07) is 1.65. The number of hydrogen-bond acceptors (Lipinski definition) is 5. The Labute approximate surface area is 103 Å². The molecule has 1 aromatic heterocycles. The predicted octanol–water partition coefficient (Wildman–Crippen LogP) is 0.143. The molecular formula is C12H11N3O3. The highest BCUT2D eigenvalue weighted by molar-refractivity contribution is 6.21. The lowest BCUT2D eigenvalue weighted by Gasteiger charge is -2.14. The smallest absolute Gasteiger partial charge is 0.242 e. The SMILES string of the molecule is O=C1[C@@H]2[C@@H](C(=O)N1c1ncccn1)[C@H]1CC[C@H]2O1. The molecule has 0 unspecified atom stereocenters. The van der Waals surface area contributed by atoms with Crippen LogP contribution in [0.5, 0.6) is 0 Å². The van der Waals surface area contributed by atoms with Gasteiger partial charge in [0.2, 0.25) is 17.8 Å². The second kappa shape index (κ2) is 3.35. The average molecular weight is 245 g/mol. The topological polar surface area (TPSA) is 72.4 Å². The molecule has 0 radical (unpaired) electrons. The van der Waals surface area contributed by atoms with Crippen molar-refractivity contribution in [1.29, 1.82) is 0 Å². The van der Waals surface area contributed by atoms with Gasteiger partial charge in [0.05, 0.1) is 24.0 Å². The number of fused-ring (bicyclic) bond motifs is 5. The molecule has 18 heavy (non-hydrogen) atoms. The standard InChI is InChI=1S/C12H11N3O3/c16-10-8-6-2-3-7(18-6)9(8)11(17)15(10)12-13-4-1-5-14-12/h1,4-9H,2-3H2/t6-,7-,8+,9+/m1/s1. The van der Waals surface area contributed by atoms with Gasteiger partial charge in [-0.2, -0.15) is 0 Å². The number of anilines is 1. The van der Waals surface area contributed by atoms with Crippen molar-refractivity contribution in [1.82, 2.24) is 9.97 Å². The van der Waals surface area contributed by atoms with Gasteiger partial charge in [-0.05, 0) is 18.9 Å². The molecule has 6 heteroatoms. The van der Waals surface area contributed by atoms with Crippen molar-refractivity contribution in [2.75, 3.05) is 4.90 Å². The summed E-state index contributed by atoms with van der Waals surface area (Å²) in [5, 5.41) is 0. The van der Waals surface area contributed by atoms with Gasteiger partial charge in [-0.15, -0.1) is 0 Å². The normalized spacial score (nSPS) is 37.4. The lowest BCUT2D eigenvalue weighted by Crippen LogP contribution is -2.35. The van der Waals surface area contributed by atoms with E-state index in [-0.39, 0.29) is 41.8 Å². The Morgan fingerprint density at radius 3 is 2.17 bits per heavy atom. The van der Waals surface area contributed by atoms with Gasteiger partial charge in [0.25, 0.3) is 0 Å². The molecular weight excluding hydrogens is 234 g/mol. The third kappa shape index (κ3) is 1.11. The van der Waals surface area contributed by atoms with Crippen molar-refractivity contribution in [2.45, 2.75) is 25.0 Å². The first-order valence-corrected chi connectivity index (χ1v) is 6.07. The molecule has 1 aromatic rings. The first-order chi connectivity index (χ1) is 8.77. The van der Waals surface area contributed by atoms with Crippen LogP contribution in [-0.4, -0.2) is 34.0 Å². The average Bonchev–Trinajstić information content (AvgIpc) is 3.05. The summed E-state index contributed by atoms with van der Waals surface area (Å²) < 4.78 is 5.66. The highest BCUT2D eigenvalue weighted by Gasteiger charge is 2.63. The summed E-state index contributed by atoms with van der Waals surface area (Å²) in [6.07, 6.45) is 4.61. The Hall–Kier alpha value is -1.82. The summed E-state index contributed by atoms with van der Waals surface area (Å²) in [5.41, 5.74) is 0. The monoisotopic (exact) mass is 245 g/mol. The van der Waals surface area contributed by atoms with E-state index in [1.54, 1.807) is 6.07 Å². The summed E-state index contributed by atoms with van der Waals surface area (Å²) >= 11 is 0. The maximum atomic E-state index is 12.3. The quantitative estimate of drug-likeness (QED) is 0.658. The van der Waals surface area contributed by atoms with E-state index >= 15 is 0 Å². The number of nitrogens with zero attached hydrogens (tertiary/aromatic N) is 3. The molecule has 0 spiro atoms. The summed E-state index contributed by atoms with van der Waals surface area (Å²) in [6.45, 7) is 0. The minimum atomic E-state index is -0.319. The van der Waals surface area contributed by atoms with Gasteiger partial charge in [0, 0.05) is 12.4 Å². The van der Waals surface area contributed by atoms with Gasteiger partial charge in [-0.25, -0.2) is 14.9 Å². The molecule has 0 aliphatic carbocycles. The molecule has 3 aliphatic heterocycles. The molecule has 4 heterocycles. The van der Waals surface area contributed by atoms with Crippen LogP contribution in [0.1, 0.15) is 12.8 Å². The predicted molar refractivity (Wildman–Crippen MR) is 59.4 cm³/mol. The number of rotatable bonds is 1. The lowest BCUT2D eigenvalue weighted by atomic mass is 9.81. The highest BCUT2D eigenvalue weighted by atomic mass is 16.5. The molecule has 0 saturated carbocycles. The minimum Gasteiger partial charge on any atom is -0.373 e. The third-order valence-corrected chi connectivity index (χ3v) is 4.04. The van der Waals surface area contributed by atoms with E-state index in [0.29, 0.717) is 0 Å². The number of amides is 2. The Kier molecular flexibility index (Phi) is 1.89. The van der Waals surface area contributed by atoms with Crippen molar-refractivity contribution in [2.24, 2.45) is 11.8 Å². The summed E-state index contributed by atoms with van der Waals surface area (Å²) in [5.74, 6) is -0.867. The molecule has 0 N–H and O–H groups in total. The molecule has 92 valence electrons. The molecule has 0 aromatic carbocycles. The van der Waals surface area contributed by atoms with Crippen LogP contribution in [0.4, 0.5) is 5.95 Å². The van der Waals surface area contributed by atoms with E-state index < -0.39 is 0 Å². The second-order valence-electron chi connectivity index (χ2n) is 4.90. The number of aromatic nitrogens is 2. The van der Waals surface area contributed by atoms with Crippen LogP contribution in [0.2, 0.25) is 0 Å². The van der Waals surface area contributed by atoms with Crippen molar-refractivity contribution in [3.63, 3.8) is 0 Å². The zero-order valence-electron chi connectivity index (χ0n) is 9.52. The molecule has 2 bridgehead atoms. The van der Waals surface area contributed by atoms with E-state index in [1.807, 2.05) is 0 Å². The highest BCUT2D eigenvalue weighted by Crippen LogP contribution is 2.48. The van der Waals surface area contributed by atoms with E-state index in [4.69, 9.17) is 4.74 Å². The molecule has 6 nitrogen and oxygen atoms in total. The van der Waals surface area contributed by atoms with Crippen LogP contribution >= 0.6 is 0 Å². The van der Waals surface area contributed by atoms with Crippen LogP contribution in [0.15, 0.2) is 18.5 Å². The van der Waals surface area contributed by atoms with Gasteiger partial charge in [-0.1, -0.05) is 0 Å². The number of imide groups is 1. The lowest BCUT2D eigenvalue weighted by molar-refractivity contribution is -0.124. The van der Waals surface area contributed by atoms with E-state index in [2.05, 4.69) is 9.97 Å². The van der Waals surface area contributed by atoms with Gasteiger partial charge in [0.15, 0.2) is 0 Å². The van der Waals surface area contributed by atoms with Crippen molar-refractivity contribution in [3.8, 4) is 0 Å². The zero-order valence-corrected chi connectivity index (χ0v) is 9.52. The van der Waals surface area contributed by atoms with Crippen molar-refractivity contribution < 1.29 is 14.3 Å². The maximum Gasteiger partial charge on any atom is 0.242 e. The van der Waals surface area contributed by atoms with Crippen LogP contribution in [0.25, 0.3) is 0 Å². The van der Waals surface area contributed by atoms with Crippen molar-refractivity contribution in [3.05, 3.63) is 18.5 Å². The fourth-order valence-electron chi connectivity index (χ4n) is 3.32. The number of ether oxygens (including phenoxy) is 1. The summed E-state index contributed by atoms with van der Waals surface area (Å²) in [4.78, 5) is 33.8. The molecule has 4 rings (SSSR count). The van der Waals surface area contributed by atoms with Gasteiger partial charge in [0.1, 0.15) is 0 Å². The van der Waals surface area contributed by atoms with Crippen molar-refractivity contribution >= 4 is 17.8 Å². The molecule has 4 atom stereocenters. The fourth-order valence-corrected chi connectivity index (χ4v) is 3.32. The molecule has 3 saturated heterocycles. The Bertz CT molecular complexity index is 505. The fraction of sp³-hybridized carbons (Fsp3) is 0.500. The molecule has 3 fully saturated rings. The second-order valence-corrected chi connectivity index (χ2v) is 4.90. The van der Waals surface area contributed by atoms with E-state index in [9.17, 15) is 9.59 Å². The van der Waals surface area contributed by atoms with E-state index in [1.165, 1.54) is 12.4 Å². The maximum absolute atomic E-state index is 12.3. The van der Waals surface area contributed by atoms with Crippen LogP contribution < -0.4 is 4.90 Å². The molecule has 2 amide bonds. The van der Waals surface area contributed by atoms with E-state index in [0.717, 1.165) is 17.7 Å². The Morgan fingerprint density at radius 2 is 1.61 bits per heavy atom. The minimum absolute atomic E-state index is 0.0924. The Morgan fingerprint density at radius 1 is 1.06 bits per heavy atom. The number of carbonyl (C=O) groups excluding carboxylic acids is 2. The van der Waals surface area contributed by atoms with Crippen LogP contribution in [-0.2, 0) is 14.3 Å².